The van der Waals surface area contributed by atoms with E-state index in [0.717, 1.165) is 19.3 Å². The Morgan fingerprint density at radius 1 is 0.322 bits per heavy atom. The minimum atomic E-state index is -1.19. The van der Waals surface area contributed by atoms with Gasteiger partial charge in [-0.2, -0.15) is 0 Å². The number of hydroxylamine groups is 6. The lowest BCUT2D eigenvalue weighted by molar-refractivity contribution is -0.197. The van der Waals surface area contributed by atoms with Crippen molar-refractivity contribution in [3.8, 4) is 0 Å². The summed E-state index contributed by atoms with van der Waals surface area (Å²) in [5, 5.41) is 54.1. The fourth-order valence-electron chi connectivity index (χ4n) is 7.39. The minimum absolute atomic E-state index is 0.00228. The van der Waals surface area contributed by atoms with E-state index in [4.69, 9.17) is 82.9 Å². The molecule has 6 amide bonds. The van der Waals surface area contributed by atoms with E-state index in [2.05, 4.69) is 4.84 Å². The quantitative estimate of drug-likeness (QED) is 0.0278. The number of hydrogen-bond donors (Lipinski definition) is 6. The summed E-state index contributed by atoms with van der Waals surface area (Å²) in [7, 11) is 0. The van der Waals surface area contributed by atoms with E-state index in [1.807, 2.05) is 0 Å². The first-order chi connectivity index (χ1) is 42.1. The zero-order valence-corrected chi connectivity index (χ0v) is 50.1. The van der Waals surface area contributed by atoms with Crippen molar-refractivity contribution in [3.63, 3.8) is 0 Å². The number of ether oxygens (including phenoxy) is 9. The summed E-state index contributed by atoms with van der Waals surface area (Å²) in [4.78, 5) is 129. The molecule has 0 aromatic heterocycles. The third-order valence-corrected chi connectivity index (χ3v) is 12.0. The van der Waals surface area contributed by atoms with Crippen LogP contribution in [0.1, 0.15) is 148 Å². The summed E-state index contributed by atoms with van der Waals surface area (Å²) in [6.45, 7) is 4.85. The first-order valence-electron chi connectivity index (χ1n) is 29.9. The molecule has 0 spiro atoms. The van der Waals surface area contributed by atoms with Crippen molar-refractivity contribution in [2.24, 2.45) is 0 Å². The van der Waals surface area contributed by atoms with Crippen molar-refractivity contribution in [3.05, 3.63) is 0 Å². The Bertz CT molecular complexity index is 1880. The van der Waals surface area contributed by atoms with Gasteiger partial charge in [-0.05, 0) is 70.6 Å². The molecule has 3 aliphatic heterocycles. The molecule has 0 radical (unpaired) electrons. The number of amides is 6. The van der Waals surface area contributed by atoms with Gasteiger partial charge < -0.3 is 82.9 Å². The van der Waals surface area contributed by atoms with Gasteiger partial charge >= 0.3 is 18.1 Å². The Hall–Kier alpha value is -5.26. The van der Waals surface area contributed by atoms with E-state index in [1.54, 1.807) is 0 Å². The van der Waals surface area contributed by atoms with Gasteiger partial charge in [0.05, 0.1) is 33.0 Å². The number of ketones is 1. The van der Waals surface area contributed by atoms with Crippen LogP contribution >= 0.6 is 0 Å². The monoisotopic (exact) mass is 1260 g/mol. The molecule has 3 fully saturated rings. The van der Waals surface area contributed by atoms with E-state index >= 15 is 0 Å². The molecule has 0 aliphatic carbocycles. The Kier molecular flexibility index (Phi) is 49.3. The molecular formula is C56H95N3O28. The van der Waals surface area contributed by atoms with Crippen LogP contribution in [-0.2, 0) is 100 Å². The molecule has 3 saturated heterocycles. The van der Waals surface area contributed by atoms with Crippen LogP contribution in [0.3, 0.4) is 0 Å². The number of nitrogens with zero attached hydrogens (tertiary/aromatic N) is 3. The molecule has 3 unspecified atom stereocenters. The predicted octanol–water partition coefficient (Wildman–Crippen LogP) is 0.784. The molecule has 6 N–H and O–H groups in total. The van der Waals surface area contributed by atoms with Crippen LogP contribution in [0, 0.1) is 0 Å². The molecule has 31 heteroatoms. The topological polar surface area (TPSA) is 413 Å². The fraction of sp³-hybridized carbons (Fsp3) is 0.821. The van der Waals surface area contributed by atoms with E-state index in [-0.39, 0.29) is 135 Å². The molecule has 0 saturated carbocycles. The second kappa shape index (κ2) is 53.7. The standard InChI is InChI=1S/C22H37NO10.C20H35NO9.C14H23NO9/c24-11-4-14-31-17-19(32-15-5-12-25)16-30-13-2-1-6-18(26)7-3-8-22(29)33-23-20(27)9-10-21(23)28;22-10-5-13-28-16-17(29-14-6-11-23)15-27-12-4-2-1-3-7-20(26)30-21-18(24)8-9-19(21)25;16-5-1-7-21-9-11(22-8-2-6-17)10-23-14(20)24-15-12(18)3-4-13(15)19/h19,24-25H,1-17H2;17,22-23H,1-16H2;11,16-17H,1-10H2. The van der Waals surface area contributed by atoms with Crippen LogP contribution in [0.25, 0.3) is 0 Å². The van der Waals surface area contributed by atoms with Crippen LogP contribution in [0.2, 0.25) is 0 Å². The maximum absolute atomic E-state index is 11.9. The average molecular weight is 1260 g/mol. The molecule has 0 aromatic rings. The highest BCUT2D eigenvalue weighted by Crippen LogP contribution is 2.17. The summed E-state index contributed by atoms with van der Waals surface area (Å²) in [6.07, 6.45) is 6.56. The smallest absolute Gasteiger partial charge is 0.430 e. The predicted molar refractivity (Wildman–Crippen MR) is 297 cm³/mol. The van der Waals surface area contributed by atoms with Gasteiger partial charge in [0.25, 0.3) is 35.4 Å². The third kappa shape index (κ3) is 41.6. The normalized spacial score (nSPS) is 15.1. The maximum Gasteiger partial charge on any atom is 0.534 e. The van der Waals surface area contributed by atoms with Gasteiger partial charge in [0.1, 0.15) is 30.7 Å². The van der Waals surface area contributed by atoms with Gasteiger partial charge in [-0.1, -0.05) is 17.9 Å². The number of rotatable bonds is 52. The number of Topliss-reactive ketones (excluding diaryl/α,β-unsaturated/α-hetero) is 1. The summed E-state index contributed by atoms with van der Waals surface area (Å²) in [5.41, 5.74) is 0. The van der Waals surface area contributed by atoms with Crippen molar-refractivity contribution in [1.82, 2.24) is 15.2 Å². The fourth-order valence-corrected chi connectivity index (χ4v) is 7.39. The number of unbranched alkanes of at least 4 members (excludes halogenated alkanes) is 4. The number of imide groups is 3. The highest BCUT2D eigenvalue weighted by Gasteiger charge is 2.35. The lowest BCUT2D eigenvalue weighted by Crippen LogP contribution is -2.34. The van der Waals surface area contributed by atoms with Crippen molar-refractivity contribution in [1.29, 1.82) is 0 Å². The van der Waals surface area contributed by atoms with Crippen molar-refractivity contribution in [2.45, 2.75) is 166 Å². The first kappa shape index (κ1) is 79.8. The van der Waals surface area contributed by atoms with Crippen LogP contribution in [0.5, 0.6) is 0 Å². The molecule has 502 valence electrons. The molecule has 3 rings (SSSR count). The Labute approximate surface area is 507 Å². The second-order valence-corrected chi connectivity index (χ2v) is 19.7. The van der Waals surface area contributed by atoms with Crippen molar-refractivity contribution < 1.29 is 136 Å². The second-order valence-electron chi connectivity index (χ2n) is 19.7. The summed E-state index contributed by atoms with van der Waals surface area (Å²) >= 11 is 0. The zero-order valence-electron chi connectivity index (χ0n) is 50.1. The van der Waals surface area contributed by atoms with Crippen molar-refractivity contribution >= 4 is 59.3 Å². The van der Waals surface area contributed by atoms with E-state index in [9.17, 15) is 47.9 Å². The summed E-state index contributed by atoms with van der Waals surface area (Å²) < 4.78 is 48.9. The van der Waals surface area contributed by atoms with Gasteiger partial charge in [0.2, 0.25) is 0 Å². The summed E-state index contributed by atoms with van der Waals surface area (Å²) in [6, 6.07) is 0. The lowest BCUT2D eigenvalue weighted by Gasteiger charge is -2.18. The maximum atomic E-state index is 11.9. The number of carbonyl (C=O) groups is 10. The van der Waals surface area contributed by atoms with Gasteiger partial charge in [-0.3, -0.25) is 38.4 Å². The molecule has 0 bridgehead atoms. The molecule has 3 aliphatic rings. The highest BCUT2D eigenvalue weighted by molar-refractivity contribution is 6.02. The molecule has 31 nitrogen and oxygen atoms in total. The average Bonchev–Trinajstić information content (AvgIpc) is 3.87. The molecule has 3 atom stereocenters. The van der Waals surface area contributed by atoms with Crippen LogP contribution < -0.4 is 0 Å². The number of aliphatic hydroxyl groups excluding tert-OH is 6. The Balaban J connectivity index is 0.000000660. The summed E-state index contributed by atoms with van der Waals surface area (Å²) in [5.74, 6) is -4.42. The first-order valence-corrected chi connectivity index (χ1v) is 29.9. The minimum Gasteiger partial charge on any atom is -0.430 e. The van der Waals surface area contributed by atoms with E-state index in [0.29, 0.717) is 158 Å². The molecular weight excluding hydrogens is 1160 g/mol. The lowest BCUT2D eigenvalue weighted by atomic mass is 10.1. The Morgan fingerprint density at radius 3 is 0.966 bits per heavy atom. The third-order valence-electron chi connectivity index (χ3n) is 12.0. The zero-order chi connectivity index (χ0) is 64.1. The molecule has 87 heavy (non-hydrogen) atoms. The van der Waals surface area contributed by atoms with E-state index in [1.165, 1.54) is 0 Å². The SMILES string of the molecule is O=C(CCCCCCOCC(COCCCO)OCCCO)ON1C(=O)CCC1=O.O=C(CCCCOCC(COCCCO)OCCCO)CCCC(=O)ON1C(=O)CCC1=O.O=C(OCC(COCCCO)OCCCO)ON1C(=O)CCC1=O. The van der Waals surface area contributed by atoms with Crippen molar-refractivity contribution in [2.75, 3.05) is 132 Å². The van der Waals surface area contributed by atoms with E-state index < -0.39 is 59.6 Å². The largest absolute Gasteiger partial charge is 0.534 e. The van der Waals surface area contributed by atoms with Gasteiger partial charge in [-0.15, -0.1) is 10.1 Å². The van der Waals surface area contributed by atoms with Gasteiger partial charge in [0, 0.05) is 157 Å². The Morgan fingerprint density at radius 2 is 0.598 bits per heavy atom. The van der Waals surface area contributed by atoms with Crippen LogP contribution in [0.15, 0.2) is 0 Å². The number of aliphatic hydroxyl groups is 6. The highest BCUT2D eigenvalue weighted by atomic mass is 16.8. The number of hydrogen-bond acceptors (Lipinski definition) is 28. The molecule has 0 aromatic carbocycles. The molecule has 3 heterocycles. The van der Waals surface area contributed by atoms with Crippen LogP contribution in [-0.4, -0.2) is 256 Å². The van der Waals surface area contributed by atoms with Gasteiger partial charge in [0.15, 0.2) is 0 Å². The van der Waals surface area contributed by atoms with Crippen LogP contribution in [0.4, 0.5) is 4.79 Å². The van der Waals surface area contributed by atoms with Gasteiger partial charge in [-0.25, -0.2) is 14.4 Å². The number of carbonyl (C=O) groups excluding carboxylic acids is 10.